The fourth-order valence-corrected chi connectivity index (χ4v) is 7.40. The molecule has 5 fully saturated rings. The van der Waals surface area contributed by atoms with Crippen LogP contribution in [-0.2, 0) is 4.79 Å². The fraction of sp³-hybridized carbons (Fsp3) is 0.958. The minimum absolute atomic E-state index is 0.0185. The van der Waals surface area contributed by atoms with Gasteiger partial charge in [0.05, 0.1) is 18.0 Å². The molecular weight excluding hydrogens is 436 g/mol. The number of alkyl halides is 4. The molecule has 9 heteroatoms. The van der Waals surface area contributed by atoms with E-state index >= 15 is 0 Å². The standard InChI is InChI=1S/C24H38F4N4O/c1-14-2-3-19(26)18-11-20(31-21(14)18)22(33)30-16-8-15(25)9-17(10-16)32-7-5-23(13-32)4-6-29-12-24(23,27)28/h14-21,29,31H,2-13H2,1H3,(H,30,33). The Morgan fingerprint density at radius 3 is 2.67 bits per heavy atom. The van der Waals surface area contributed by atoms with E-state index in [1.807, 2.05) is 4.90 Å². The maximum Gasteiger partial charge on any atom is 0.267 e. The maximum absolute atomic E-state index is 14.7. The lowest BCUT2D eigenvalue weighted by Crippen LogP contribution is -2.56. The summed E-state index contributed by atoms with van der Waals surface area (Å²) in [6.45, 7) is 3.25. The van der Waals surface area contributed by atoms with Crippen molar-refractivity contribution in [1.82, 2.24) is 20.9 Å². The molecule has 9 unspecified atom stereocenters. The number of hydrogen-bond donors (Lipinski definition) is 3. The third-order valence-electron chi connectivity index (χ3n) is 9.43. The summed E-state index contributed by atoms with van der Waals surface area (Å²) in [4.78, 5) is 15.0. The molecule has 3 saturated heterocycles. The molecule has 3 N–H and O–H groups in total. The molecule has 5 nitrogen and oxygen atoms in total. The lowest BCUT2D eigenvalue weighted by atomic mass is 9.75. The Morgan fingerprint density at radius 1 is 1.09 bits per heavy atom. The van der Waals surface area contributed by atoms with Crippen molar-refractivity contribution in [2.24, 2.45) is 17.3 Å². The SMILES string of the molecule is CC1CCC(F)C2CC(C(=O)NC3CC(F)CC(N4CCC5(CCNCC5(F)F)C4)C3)NC12. The molecule has 0 aromatic heterocycles. The Bertz CT molecular complexity index is 723. The van der Waals surface area contributed by atoms with Crippen molar-refractivity contribution in [3.63, 3.8) is 0 Å². The van der Waals surface area contributed by atoms with Gasteiger partial charge in [-0.15, -0.1) is 0 Å². The van der Waals surface area contributed by atoms with E-state index in [2.05, 4.69) is 22.9 Å². The molecule has 5 aliphatic rings. The third-order valence-corrected chi connectivity index (χ3v) is 9.43. The molecule has 3 aliphatic heterocycles. The van der Waals surface area contributed by atoms with Crippen LogP contribution < -0.4 is 16.0 Å². The lowest BCUT2D eigenvalue weighted by molar-refractivity contribution is -0.134. The van der Waals surface area contributed by atoms with Crippen LogP contribution >= 0.6 is 0 Å². The van der Waals surface area contributed by atoms with Crippen LogP contribution in [0, 0.1) is 17.3 Å². The van der Waals surface area contributed by atoms with Gasteiger partial charge in [0.2, 0.25) is 5.91 Å². The van der Waals surface area contributed by atoms with Gasteiger partial charge in [0, 0.05) is 30.6 Å². The minimum Gasteiger partial charge on any atom is -0.352 e. The number of rotatable bonds is 3. The molecular formula is C24H38F4N4O. The summed E-state index contributed by atoms with van der Waals surface area (Å²) in [6.07, 6.45) is 1.96. The number of nitrogens with zero attached hydrogens (tertiary/aromatic N) is 1. The summed E-state index contributed by atoms with van der Waals surface area (Å²) < 4.78 is 58.6. The zero-order chi connectivity index (χ0) is 23.4. The van der Waals surface area contributed by atoms with Gasteiger partial charge in [-0.3, -0.25) is 9.69 Å². The number of carbonyl (C=O) groups excluding carboxylic acids is 1. The van der Waals surface area contributed by atoms with E-state index in [0.717, 1.165) is 6.42 Å². The molecule has 2 aliphatic carbocycles. The number of likely N-dealkylation sites (tertiary alicyclic amines) is 1. The third kappa shape index (κ3) is 4.42. The van der Waals surface area contributed by atoms with Crippen molar-refractivity contribution < 1.29 is 22.4 Å². The predicted octanol–water partition coefficient (Wildman–Crippen LogP) is 2.80. The van der Waals surface area contributed by atoms with Gasteiger partial charge in [0.15, 0.2) is 0 Å². The van der Waals surface area contributed by atoms with Crippen LogP contribution in [0.2, 0.25) is 0 Å². The Balaban J connectivity index is 1.19. The monoisotopic (exact) mass is 474 g/mol. The lowest BCUT2D eigenvalue weighted by Gasteiger charge is -2.43. The van der Waals surface area contributed by atoms with E-state index in [9.17, 15) is 22.4 Å². The second-order valence-electron chi connectivity index (χ2n) is 11.5. The van der Waals surface area contributed by atoms with Crippen LogP contribution in [0.5, 0.6) is 0 Å². The van der Waals surface area contributed by atoms with E-state index in [4.69, 9.17) is 0 Å². The van der Waals surface area contributed by atoms with Gasteiger partial charge in [-0.1, -0.05) is 6.92 Å². The van der Waals surface area contributed by atoms with Crippen molar-refractivity contribution in [3.8, 4) is 0 Å². The molecule has 5 rings (SSSR count). The van der Waals surface area contributed by atoms with E-state index in [1.54, 1.807) is 0 Å². The smallest absolute Gasteiger partial charge is 0.267 e. The van der Waals surface area contributed by atoms with Crippen LogP contribution in [0.15, 0.2) is 0 Å². The van der Waals surface area contributed by atoms with Crippen LogP contribution in [0.25, 0.3) is 0 Å². The highest BCUT2D eigenvalue weighted by molar-refractivity contribution is 5.82. The topological polar surface area (TPSA) is 56.4 Å². The summed E-state index contributed by atoms with van der Waals surface area (Å²) in [6, 6.07) is -0.886. The summed E-state index contributed by atoms with van der Waals surface area (Å²) in [5, 5.41) is 9.17. The van der Waals surface area contributed by atoms with Gasteiger partial charge in [0.25, 0.3) is 5.92 Å². The number of piperidine rings is 1. The van der Waals surface area contributed by atoms with Gasteiger partial charge < -0.3 is 16.0 Å². The van der Waals surface area contributed by atoms with Crippen LogP contribution in [0.1, 0.15) is 58.3 Å². The molecule has 0 bridgehead atoms. The minimum atomic E-state index is -2.76. The summed E-state index contributed by atoms with van der Waals surface area (Å²) in [5.41, 5.74) is -1.02. The molecule has 1 amide bonds. The first-order chi connectivity index (χ1) is 15.7. The average Bonchev–Trinajstić information content (AvgIpc) is 3.40. The first-order valence-electron chi connectivity index (χ1n) is 12.8. The van der Waals surface area contributed by atoms with Crippen molar-refractivity contribution in [3.05, 3.63) is 0 Å². The number of hydrogen-bond acceptors (Lipinski definition) is 4. The average molecular weight is 475 g/mol. The molecule has 0 radical (unpaired) electrons. The highest BCUT2D eigenvalue weighted by Gasteiger charge is 2.58. The first-order valence-corrected chi connectivity index (χ1v) is 12.8. The summed E-state index contributed by atoms with van der Waals surface area (Å²) in [5.74, 6) is -2.73. The van der Waals surface area contributed by atoms with E-state index in [0.29, 0.717) is 64.1 Å². The Labute approximate surface area is 193 Å². The molecule has 3 heterocycles. The molecule has 1 spiro atoms. The van der Waals surface area contributed by atoms with E-state index in [1.165, 1.54) is 0 Å². The van der Waals surface area contributed by atoms with Gasteiger partial charge in [-0.25, -0.2) is 17.6 Å². The number of amides is 1. The van der Waals surface area contributed by atoms with E-state index < -0.39 is 29.7 Å². The van der Waals surface area contributed by atoms with Crippen molar-refractivity contribution in [2.45, 2.75) is 101 Å². The largest absolute Gasteiger partial charge is 0.352 e. The van der Waals surface area contributed by atoms with Crippen LogP contribution in [0.3, 0.4) is 0 Å². The van der Waals surface area contributed by atoms with Gasteiger partial charge >= 0.3 is 0 Å². The molecule has 188 valence electrons. The van der Waals surface area contributed by atoms with Gasteiger partial charge in [0.1, 0.15) is 12.3 Å². The predicted molar refractivity (Wildman–Crippen MR) is 118 cm³/mol. The normalized spacial score (nSPS) is 48.0. The summed E-state index contributed by atoms with van der Waals surface area (Å²) in [7, 11) is 0. The van der Waals surface area contributed by atoms with E-state index in [-0.39, 0.29) is 42.9 Å². The van der Waals surface area contributed by atoms with Crippen LogP contribution in [-0.4, -0.2) is 79.4 Å². The quantitative estimate of drug-likeness (QED) is 0.551. The number of halogens is 4. The zero-order valence-corrected chi connectivity index (χ0v) is 19.5. The van der Waals surface area contributed by atoms with Gasteiger partial charge in [-0.05, 0) is 70.4 Å². The highest BCUT2D eigenvalue weighted by atomic mass is 19.3. The Kier molecular flexibility index (Phi) is 6.44. The summed E-state index contributed by atoms with van der Waals surface area (Å²) >= 11 is 0. The number of carbonyl (C=O) groups is 1. The second-order valence-corrected chi connectivity index (χ2v) is 11.5. The molecule has 0 aromatic carbocycles. The molecule has 2 saturated carbocycles. The molecule has 9 atom stereocenters. The molecule has 0 aromatic rings. The van der Waals surface area contributed by atoms with Crippen molar-refractivity contribution in [2.75, 3.05) is 26.2 Å². The Hall–Kier alpha value is -0.930. The highest BCUT2D eigenvalue weighted by Crippen LogP contribution is 2.49. The maximum atomic E-state index is 14.7. The first kappa shape index (κ1) is 23.8. The number of fused-ring (bicyclic) bond motifs is 1. The second kappa shape index (κ2) is 8.94. The molecule has 33 heavy (non-hydrogen) atoms. The Morgan fingerprint density at radius 2 is 1.91 bits per heavy atom. The fourth-order valence-electron chi connectivity index (χ4n) is 7.40. The zero-order valence-electron chi connectivity index (χ0n) is 19.5. The van der Waals surface area contributed by atoms with Crippen molar-refractivity contribution >= 4 is 5.91 Å². The van der Waals surface area contributed by atoms with Crippen LogP contribution in [0.4, 0.5) is 17.6 Å². The number of nitrogens with one attached hydrogen (secondary N) is 3. The van der Waals surface area contributed by atoms with Gasteiger partial charge in [-0.2, -0.15) is 0 Å². The van der Waals surface area contributed by atoms with Crippen molar-refractivity contribution in [1.29, 1.82) is 0 Å².